The summed E-state index contributed by atoms with van der Waals surface area (Å²) in [5, 5.41) is 12.9. The molecular weight excluding hydrogens is 480 g/mol. The number of hydrogen-bond donors (Lipinski definition) is 1. The highest BCUT2D eigenvalue weighted by Gasteiger charge is 2.41. The van der Waals surface area contributed by atoms with Crippen LogP contribution in [0.1, 0.15) is 35.4 Å². The number of carbonyl (C=O) groups excluding carboxylic acids is 1. The highest BCUT2D eigenvalue weighted by Crippen LogP contribution is 2.35. The number of carbonyl (C=O) groups is 2. The first-order valence-corrected chi connectivity index (χ1v) is 11.2. The van der Waals surface area contributed by atoms with Gasteiger partial charge in [0.15, 0.2) is 5.69 Å². The molecule has 0 spiro atoms. The molecule has 0 saturated carbocycles. The van der Waals surface area contributed by atoms with E-state index in [2.05, 4.69) is 5.10 Å². The molecule has 1 atom stereocenters. The Bertz CT molecular complexity index is 1100. The summed E-state index contributed by atoms with van der Waals surface area (Å²) in [6.07, 6.45) is -3.97. The van der Waals surface area contributed by atoms with Gasteiger partial charge in [-0.3, -0.25) is 19.2 Å². The third-order valence-electron chi connectivity index (χ3n) is 6.29. The molecule has 0 aliphatic carbocycles. The molecule has 0 radical (unpaired) electrons. The molecule has 4 rings (SSSR count). The Morgan fingerprint density at radius 1 is 1.24 bits per heavy atom. The van der Waals surface area contributed by atoms with E-state index in [0.717, 1.165) is 10.7 Å². The van der Waals surface area contributed by atoms with Crippen LogP contribution in [-0.4, -0.2) is 62.7 Å². The summed E-state index contributed by atoms with van der Waals surface area (Å²) < 4.78 is 56.3. The van der Waals surface area contributed by atoms with Crippen molar-refractivity contribution in [1.82, 2.24) is 19.6 Å². The highest BCUT2D eigenvalue weighted by atomic mass is 35.5. The largest absolute Gasteiger partial charge is 0.481 e. The number of aromatic nitrogens is 2. The van der Waals surface area contributed by atoms with Crippen LogP contribution in [0.2, 0.25) is 5.02 Å². The molecule has 1 aromatic carbocycles. The predicted octanol–water partition coefficient (Wildman–Crippen LogP) is 3.42. The van der Waals surface area contributed by atoms with Crippen molar-refractivity contribution in [2.45, 2.75) is 38.5 Å². The van der Waals surface area contributed by atoms with E-state index in [1.807, 2.05) is 4.90 Å². The summed E-state index contributed by atoms with van der Waals surface area (Å²) in [4.78, 5) is 27.2. The van der Waals surface area contributed by atoms with Gasteiger partial charge in [-0.15, -0.1) is 0 Å². The Hall–Kier alpha value is -2.66. The molecule has 7 nitrogen and oxygen atoms in total. The van der Waals surface area contributed by atoms with E-state index in [1.165, 1.54) is 17.0 Å². The maximum absolute atomic E-state index is 14.3. The van der Waals surface area contributed by atoms with Gasteiger partial charge in [-0.05, 0) is 37.4 Å². The number of rotatable bonds is 6. The second kappa shape index (κ2) is 9.53. The number of aliphatic carboxylic acids is 1. The van der Waals surface area contributed by atoms with Gasteiger partial charge in [0, 0.05) is 35.7 Å². The molecule has 1 saturated heterocycles. The minimum Gasteiger partial charge on any atom is -0.481 e. The zero-order valence-electron chi connectivity index (χ0n) is 18.1. The topological polar surface area (TPSA) is 78.7 Å². The van der Waals surface area contributed by atoms with E-state index < -0.39 is 23.7 Å². The number of halogens is 5. The number of alkyl halides is 3. The number of carboxylic acids is 1. The number of hydrogen-bond acceptors (Lipinski definition) is 4. The van der Waals surface area contributed by atoms with E-state index >= 15 is 0 Å². The average Bonchev–Trinajstić information content (AvgIpc) is 3.33. The van der Waals surface area contributed by atoms with Crippen molar-refractivity contribution in [1.29, 1.82) is 0 Å². The normalized spacial score (nSPS) is 18.9. The van der Waals surface area contributed by atoms with E-state index in [4.69, 9.17) is 16.7 Å². The lowest BCUT2D eigenvalue weighted by atomic mass is 10.0. The third kappa shape index (κ3) is 5.35. The number of amides is 1. The third-order valence-corrected chi connectivity index (χ3v) is 6.52. The average molecular weight is 503 g/mol. The van der Waals surface area contributed by atoms with Crippen LogP contribution >= 0.6 is 11.6 Å². The summed E-state index contributed by atoms with van der Waals surface area (Å²) in [5.41, 5.74) is -0.631. The Morgan fingerprint density at radius 2 is 2.00 bits per heavy atom. The standard InChI is InChI=1S/C22H23ClF4N4O3/c23-15-2-1-14(17(24)8-15)10-31-18-11-30(6-4-16(18)21(28-31)22(25,26)27)19(32)12-29-5-3-13(9-29)7-20(33)34/h1-2,8,13H,3-7,9-12H2,(H,33,34). The molecule has 34 heavy (non-hydrogen) atoms. The molecule has 1 fully saturated rings. The van der Waals surface area contributed by atoms with Crippen LogP contribution in [0.15, 0.2) is 18.2 Å². The van der Waals surface area contributed by atoms with E-state index in [-0.39, 0.29) is 72.7 Å². The second-order valence-electron chi connectivity index (χ2n) is 8.72. The first kappa shape index (κ1) is 24.5. The summed E-state index contributed by atoms with van der Waals surface area (Å²) in [6.45, 7) is 0.961. The Balaban J connectivity index is 1.52. The molecule has 2 aliphatic heterocycles. The lowest BCUT2D eigenvalue weighted by Gasteiger charge is -2.30. The Kier molecular flexibility index (Phi) is 6.86. The van der Waals surface area contributed by atoms with Crippen molar-refractivity contribution < 1.29 is 32.3 Å². The molecule has 2 aromatic rings. The molecule has 1 amide bonds. The lowest BCUT2D eigenvalue weighted by molar-refractivity contribution is -0.142. The quantitative estimate of drug-likeness (QED) is 0.612. The molecule has 1 unspecified atom stereocenters. The fourth-order valence-corrected chi connectivity index (χ4v) is 4.78. The Morgan fingerprint density at radius 3 is 2.68 bits per heavy atom. The van der Waals surface area contributed by atoms with Crippen LogP contribution in [0.3, 0.4) is 0 Å². The van der Waals surface area contributed by atoms with E-state index in [1.54, 1.807) is 0 Å². The molecule has 184 valence electrons. The zero-order valence-corrected chi connectivity index (χ0v) is 18.9. The highest BCUT2D eigenvalue weighted by molar-refractivity contribution is 6.30. The summed E-state index contributed by atoms with van der Waals surface area (Å²) >= 11 is 5.77. The predicted molar refractivity (Wildman–Crippen MR) is 114 cm³/mol. The minimum absolute atomic E-state index is 0.0132. The monoisotopic (exact) mass is 502 g/mol. The van der Waals surface area contributed by atoms with Crippen molar-refractivity contribution in [2.24, 2.45) is 5.92 Å². The van der Waals surface area contributed by atoms with Crippen LogP contribution in [0, 0.1) is 11.7 Å². The van der Waals surface area contributed by atoms with Crippen LogP contribution in [0.25, 0.3) is 0 Å². The number of carboxylic acid groups (broad SMARTS) is 1. The van der Waals surface area contributed by atoms with Gasteiger partial charge in [-0.1, -0.05) is 17.7 Å². The van der Waals surface area contributed by atoms with Gasteiger partial charge < -0.3 is 10.0 Å². The maximum Gasteiger partial charge on any atom is 0.435 e. The number of nitrogens with zero attached hydrogens (tertiary/aromatic N) is 4. The zero-order chi connectivity index (χ0) is 24.6. The van der Waals surface area contributed by atoms with Gasteiger partial charge in [0.05, 0.1) is 25.3 Å². The fraction of sp³-hybridized carbons (Fsp3) is 0.500. The molecule has 0 bridgehead atoms. The minimum atomic E-state index is -4.67. The fourth-order valence-electron chi connectivity index (χ4n) is 4.62. The van der Waals surface area contributed by atoms with Crippen LogP contribution < -0.4 is 0 Å². The summed E-state index contributed by atoms with van der Waals surface area (Å²) in [7, 11) is 0. The number of benzene rings is 1. The van der Waals surface area contributed by atoms with Gasteiger partial charge in [0.25, 0.3) is 0 Å². The van der Waals surface area contributed by atoms with Gasteiger partial charge in [0.1, 0.15) is 5.82 Å². The van der Waals surface area contributed by atoms with Crippen molar-refractivity contribution in [3.63, 3.8) is 0 Å². The summed E-state index contributed by atoms with van der Waals surface area (Å²) in [5.74, 6) is -1.81. The molecule has 2 aliphatic rings. The van der Waals surface area contributed by atoms with Crippen LogP contribution in [0.5, 0.6) is 0 Å². The first-order valence-electron chi connectivity index (χ1n) is 10.8. The molecule has 3 heterocycles. The van der Waals surface area contributed by atoms with Crippen molar-refractivity contribution in [3.05, 3.63) is 51.6 Å². The molecule has 1 N–H and O–H groups in total. The van der Waals surface area contributed by atoms with Crippen molar-refractivity contribution in [3.8, 4) is 0 Å². The summed E-state index contributed by atoms with van der Waals surface area (Å²) in [6, 6.07) is 3.93. The van der Waals surface area contributed by atoms with Crippen molar-refractivity contribution >= 4 is 23.5 Å². The maximum atomic E-state index is 14.3. The van der Waals surface area contributed by atoms with Crippen molar-refractivity contribution in [2.75, 3.05) is 26.2 Å². The smallest absolute Gasteiger partial charge is 0.435 e. The van der Waals surface area contributed by atoms with Gasteiger partial charge in [-0.25, -0.2) is 4.39 Å². The molecule has 1 aromatic heterocycles. The van der Waals surface area contributed by atoms with Crippen LogP contribution in [-0.2, 0) is 35.3 Å². The lowest BCUT2D eigenvalue weighted by Crippen LogP contribution is -2.42. The SMILES string of the molecule is O=C(O)CC1CCN(CC(=O)N2CCc3c(C(F)(F)F)nn(Cc4ccc(Cl)cc4F)c3C2)C1. The second-order valence-corrected chi connectivity index (χ2v) is 9.15. The molecule has 12 heteroatoms. The van der Waals surface area contributed by atoms with Gasteiger partial charge in [-0.2, -0.15) is 18.3 Å². The molecular formula is C22H23ClF4N4O3. The first-order chi connectivity index (χ1) is 16.0. The number of likely N-dealkylation sites (tertiary alicyclic amines) is 1. The van der Waals surface area contributed by atoms with E-state index in [9.17, 15) is 27.2 Å². The van der Waals surface area contributed by atoms with Crippen LogP contribution in [0.4, 0.5) is 17.6 Å². The number of fused-ring (bicyclic) bond motifs is 1. The Labute approximate surface area is 197 Å². The van der Waals surface area contributed by atoms with Gasteiger partial charge in [0.2, 0.25) is 5.91 Å². The van der Waals surface area contributed by atoms with Gasteiger partial charge >= 0.3 is 12.1 Å². The van der Waals surface area contributed by atoms with E-state index in [0.29, 0.717) is 19.5 Å².